The van der Waals surface area contributed by atoms with E-state index in [2.05, 4.69) is 27.1 Å². The van der Waals surface area contributed by atoms with Crippen molar-refractivity contribution in [2.24, 2.45) is 0 Å². The van der Waals surface area contributed by atoms with Crippen molar-refractivity contribution in [1.29, 1.82) is 0 Å². The van der Waals surface area contributed by atoms with E-state index in [0.29, 0.717) is 35.3 Å². The molecule has 0 spiro atoms. The van der Waals surface area contributed by atoms with Crippen LogP contribution in [-0.2, 0) is 6.42 Å². The molecule has 0 unspecified atom stereocenters. The van der Waals surface area contributed by atoms with Crippen molar-refractivity contribution in [2.75, 3.05) is 18.0 Å². The Morgan fingerprint density at radius 2 is 1.86 bits per heavy atom. The second-order valence-electron chi connectivity index (χ2n) is 6.37. The molecule has 0 radical (unpaired) electrons. The maximum atomic E-state index is 12.6. The van der Waals surface area contributed by atoms with Gasteiger partial charge in [-0.25, -0.2) is 9.97 Å². The van der Waals surface area contributed by atoms with Crippen molar-refractivity contribution in [2.45, 2.75) is 20.3 Å². The minimum atomic E-state index is -0.210. The summed E-state index contributed by atoms with van der Waals surface area (Å²) in [6.45, 7) is 5.09. The van der Waals surface area contributed by atoms with Crippen LogP contribution in [0.2, 0.25) is 5.02 Å². The van der Waals surface area contributed by atoms with E-state index in [-0.39, 0.29) is 5.91 Å². The van der Waals surface area contributed by atoms with Crippen molar-refractivity contribution < 1.29 is 4.79 Å². The Bertz CT molecular complexity index is 946. The fraction of sp³-hybridized carbons (Fsp3) is 0.227. The van der Waals surface area contributed by atoms with E-state index in [0.717, 1.165) is 17.8 Å². The quantitative estimate of drug-likeness (QED) is 0.637. The molecule has 1 heterocycles. The van der Waals surface area contributed by atoms with Crippen LogP contribution in [0.3, 0.4) is 0 Å². The van der Waals surface area contributed by atoms with Gasteiger partial charge in [-0.15, -0.1) is 0 Å². The number of rotatable bonds is 7. The maximum absolute atomic E-state index is 12.6. The molecule has 28 heavy (non-hydrogen) atoms. The van der Waals surface area contributed by atoms with Crippen molar-refractivity contribution >= 4 is 29.0 Å². The molecule has 3 rings (SSSR count). The van der Waals surface area contributed by atoms with Gasteiger partial charge in [-0.2, -0.15) is 0 Å². The van der Waals surface area contributed by atoms with Gasteiger partial charge in [0.25, 0.3) is 5.91 Å². The zero-order valence-electron chi connectivity index (χ0n) is 16.0. The first-order valence-electron chi connectivity index (χ1n) is 9.27. The van der Waals surface area contributed by atoms with Gasteiger partial charge in [-0.1, -0.05) is 41.9 Å². The third kappa shape index (κ3) is 5.08. The lowest BCUT2D eigenvalue weighted by Gasteiger charge is -2.22. The average Bonchev–Trinajstić information content (AvgIpc) is 2.69. The number of carbonyl (C=O) groups is 1. The van der Waals surface area contributed by atoms with E-state index in [1.54, 1.807) is 13.0 Å². The standard InChI is InChI=1S/C22H23ClN4O/c1-3-27(19-10-5-4-6-11-19)21-15-20(25-16(2)26-21)22(28)24-13-12-17-8-7-9-18(23)14-17/h4-11,14-15H,3,12-13H2,1-2H3,(H,24,28). The molecule has 6 heteroatoms. The minimum Gasteiger partial charge on any atom is -0.350 e. The first-order valence-corrected chi connectivity index (χ1v) is 9.65. The highest BCUT2D eigenvalue weighted by molar-refractivity contribution is 6.30. The second-order valence-corrected chi connectivity index (χ2v) is 6.81. The molecule has 3 aromatic rings. The van der Waals surface area contributed by atoms with Crippen LogP contribution in [0.5, 0.6) is 0 Å². The van der Waals surface area contributed by atoms with E-state index in [1.165, 1.54) is 0 Å². The lowest BCUT2D eigenvalue weighted by molar-refractivity contribution is 0.0948. The van der Waals surface area contributed by atoms with Gasteiger partial charge in [0.15, 0.2) is 0 Å². The summed E-state index contributed by atoms with van der Waals surface area (Å²) >= 11 is 6.00. The highest BCUT2D eigenvalue weighted by atomic mass is 35.5. The Balaban J connectivity index is 1.72. The molecule has 144 valence electrons. The minimum absolute atomic E-state index is 0.210. The number of hydrogen-bond acceptors (Lipinski definition) is 4. The zero-order valence-corrected chi connectivity index (χ0v) is 16.8. The molecule has 1 N–H and O–H groups in total. The van der Waals surface area contributed by atoms with Gasteiger partial charge >= 0.3 is 0 Å². The summed E-state index contributed by atoms with van der Waals surface area (Å²) in [5.74, 6) is 1.06. The van der Waals surface area contributed by atoms with Crippen LogP contribution in [0, 0.1) is 6.92 Å². The van der Waals surface area contributed by atoms with Crippen molar-refractivity contribution in [3.8, 4) is 0 Å². The van der Waals surface area contributed by atoms with Crippen molar-refractivity contribution in [3.05, 3.63) is 82.8 Å². The molecule has 0 saturated heterocycles. The summed E-state index contributed by atoms with van der Waals surface area (Å²) in [4.78, 5) is 23.5. The number of amides is 1. The molecule has 1 aromatic heterocycles. The Hall–Kier alpha value is -2.92. The predicted molar refractivity (Wildman–Crippen MR) is 113 cm³/mol. The van der Waals surface area contributed by atoms with Gasteiger partial charge in [0.05, 0.1) is 0 Å². The van der Waals surface area contributed by atoms with Gasteiger partial charge in [-0.05, 0) is 50.1 Å². The zero-order chi connectivity index (χ0) is 19.9. The molecular weight excluding hydrogens is 372 g/mol. The number of aromatic nitrogens is 2. The summed E-state index contributed by atoms with van der Waals surface area (Å²) in [6, 6.07) is 19.3. The molecular formula is C22H23ClN4O. The maximum Gasteiger partial charge on any atom is 0.270 e. The SMILES string of the molecule is CCN(c1ccccc1)c1cc(C(=O)NCCc2cccc(Cl)c2)nc(C)n1. The van der Waals surface area contributed by atoms with E-state index < -0.39 is 0 Å². The highest BCUT2D eigenvalue weighted by Crippen LogP contribution is 2.23. The number of hydrogen-bond donors (Lipinski definition) is 1. The third-order valence-corrected chi connectivity index (χ3v) is 4.54. The van der Waals surface area contributed by atoms with E-state index in [1.807, 2.05) is 54.6 Å². The number of nitrogens with one attached hydrogen (secondary N) is 1. The first-order chi connectivity index (χ1) is 13.6. The van der Waals surface area contributed by atoms with Crippen molar-refractivity contribution in [1.82, 2.24) is 15.3 Å². The van der Waals surface area contributed by atoms with Gasteiger partial charge < -0.3 is 10.2 Å². The van der Waals surface area contributed by atoms with Gasteiger partial charge in [-0.3, -0.25) is 4.79 Å². The molecule has 0 saturated carbocycles. The number of aryl methyl sites for hydroxylation is 1. The van der Waals surface area contributed by atoms with Gasteiger partial charge in [0.2, 0.25) is 0 Å². The van der Waals surface area contributed by atoms with Crippen LogP contribution >= 0.6 is 11.6 Å². The third-order valence-electron chi connectivity index (χ3n) is 4.31. The lowest BCUT2D eigenvalue weighted by Crippen LogP contribution is -2.27. The highest BCUT2D eigenvalue weighted by Gasteiger charge is 2.15. The molecule has 0 aliphatic rings. The average molecular weight is 395 g/mol. The smallest absolute Gasteiger partial charge is 0.270 e. The molecule has 0 aliphatic heterocycles. The van der Waals surface area contributed by atoms with Crippen LogP contribution in [0.25, 0.3) is 0 Å². The van der Waals surface area contributed by atoms with Crippen LogP contribution in [-0.4, -0.2) is 29.0 Å². The number of nitrogens with zero attached hydrogens (tertiary/aromatic N) is 3. The van der Waals surface area contributed by atoms with Crippen LogP contribution in [0.1, 0.15) is 28.8 Å². The monoisotopic (exact) mass is 394 g/mol. The molecule has 2 aromatic carbocycles. The Morgan fingerprint density at radius 1 is 1.07 bits per heavy atom. The van der Waals surface area contributed by atoms with Gasteiger partial charge in [0, 0.05) is 29.9 Å². The number of benzene rings is 2. The Labute approximate surface area is 170 Å². The Morgan fingerprint density at radius 3 is 2.57 bits per heavy atom. The summed E-state index contributed by atoms with van der Waals surface area (Å²) in [6.07, 6.45) is 0.703. The fourth-order valence-electron chi connectivity index (χ4n) is 2.99. The topological polar surface area (TPSA) is 58.1 Å². The van der Waals surface area contributed by atoms with E-state index >= 15 is 0 Å². The Kier molecular flexibility index (Phi) is 6.61. The van der Waals surface area contributed by atoms with E-state index in [9.17, 15) is 4.79 Å². The molecule has 5 nitrogen and oxygen atoms in total. The number of carbonyl (C=O) groups excluding carboxylic acids is 1. The molecule has 0 fully saturated rings. The molecule has 0 aliphatic carbocycles. The number of para-hydroxylation sites is 1. The first kappa shape index (κ1) is 19.8. The van der Waals surface area contributed by atoms with Crippen LogP contribution < -0.4 is 10.2 Å². The number of halogens is 1. The molecule has 0 bridgehead atoms. The van der Waals surface area contributed by atoms with Crippen LogP contribution in [0.15, 0.2) is 60.7 Å². The lowest BCUT2D eigenvalue weighted by atomic mass is 10.1. The summed E-state index contributed by atoms with van der Waals surface area (Å²) in [5.41, 5.74) is 2.46. The second kappa shape index (κ2) is 9.33. The number of anilines is 2. The summed E-state index contributed by atoms with van der Waals surface area (Å²) < 4.78 is 0. The fourth-order valence-corrected chi connectivity index (χ4v) is 3.21. The summed E-state index contributed by atoms with van der Waals surface area (Å²) in [7, 11) is 0. The van der Waals surface area contributed by atoms with E-state index in [4.69, 9.17) is 11.6 Å². The van der Waals surface area contributed by atoms with Crippen LogP contribution in [0.4, 0.5) is 11.5 Å². The van der Waals surface area contributed by atoms with Crippen molar-refractivity contribution in [3.63, 3.8) is 0 Å². The largest absolute Gasteiger partial charge is 0.350 e. The predicted octanol–water partition coefficient (Wildman–Crippen LogP) is 4.57. The van der Waals surface area contributed by atoms with Gasteiger partial charge in [0.1, 0.15) is 17.3 Å². The molecule has 1 amide bonds. The normalized spacial score (nSPS) is 10.5. The summed E-state index contributed by atoms with van der Waals surface area (Å²) in [5, 5.41) is 3.62. The molecule has 0 atom stereocenters.